The fourth-order valence-electron chi connectivity index (χ4n) is 3.53. The van der Waals surface area contributed by atoms with Crippen LogP contribution in [0.4, 0.5) is 0 Å². The van der Waals surface area contributed by atoms with Crippen LogP contribution in [0.2, 0.25) is 0 Å². The van der Waals surface area contributed by atoms with Gasteiger partial charge in [-0.25, -0.2) is 0 Å². The third kappa shape index (κ3) is 3.18. The minimum absolute atomic E-state index is 0.00721. The molecule has 0 aromatic heterocycles. The Balaban J connectivity index is 2.21. The molecule has 2 nitrogen and oxygen atoms in total. The van der Waals surface area contributed by atoms with Crippen LogP contribution in [0.1, 0.15) is 55.5 Å². The van der Waals surface area contributed by atoms with Gasteiger partial charge in [0, 0.05) is 26.4 Å². The molecule has 2 aromatic rings. The van der Waals surface area contributed by atoms with Crippen molar-refractivity contribution < 1.29 is 0 Å². The minimum Gasteiger partial charge on any atom is -0.323 e. The number of halogens is 1. The fourth-order valence-corrected chi connectivity index (χ4v) is 3.80. The normalized spacial score (nSPS) is 18.1. The summed E-state index contributed by atoms with van der Waals surface area (Å²) in [6.07, 6.45) is 4.63. The van der Waals surface area contributed by atoms with Crippen molar-refractivity contribution in [3.63, 3.8) is 0 Å². The van der Waals surface area contributed by atoms with Crippen LogP contribution in [0.15, 0.2) is 58.1 Å². The third-order valence-electron chi connectivity index (χ3n) is 5.17. The van der Waals surface area contributed by atoms with Crippen molar-refractivity contribution in [2.24, 2.45) is 10.9 Å². The summed E-state index contributed by atoms with van der Waals surface area (Å²) in [5.41, 5.74) is 6.91. The minimum atomic E-state index is -0.00721. The first kappa shape index (κ1) is 17.9. The number of hydrazone groups is 1. The molecule has 25 heavy (non-hydrogen) atoms. The lowest BCUT2D eigenvalue weighted by atomic mass is 9.67. The Kier molecular flexibility index (Phi) is 4.40. The van der Waals surface area contributed by atoms with E-state index >= 15 is 0 Å². The van der Waals surface area contributed by atoms with E-state index in [1.165, 1.54) is 16.7 Å². The standard InChI is InChI=1S/C22H25BrN2/c1-14-12-18-19(22(4,5)11-10-21(18,2)3)13-17(14)20(25-24)15-6-8-16(23)9-7-15/h6-13H,24H2,1-5H3/b25-20+. The molecular formula is C22H25BrN2. The van der Waals surface area contributed by atoms with Gasteiger partial charge in [0.2, 0.25) is 0 Å². The van der Waals surface area contributed by atoms with E-state index in [0.29, 0.717) is 0 Å². The van der Waals surface area contributed by atoms with Gasteiger partial charge >= 0.3 is 0 Å². The molecular weight excluding hydrogens is 372 g/mol. The Labute approximate surface area is 159 Å². The molecule has 2 N–H and O–H groups in total. The SMILES string of the molecule is Cc1cc2c(cc1/C(=N/N)c1ccc(Br)cc1)C(C)(C)C=CC2(C)C. The first-order chi connectivity index (χ1) is 11.7. The Morgan fingerprint density at radius 2 is 1.44 bits per heavy atom. The molecule has 3 heteroatoms. The number of rotatable bonds is 2. The number of allylic oxidation sites excluding steroid dienone is 2. The molecule has 0 amide bonds. The first-order valence-corrected chi connectivity index (χ1v) is 9.35. The van der Waals surface area contributed by atoms with Crippen molar-refractivity contribution in [1.29, 1.82) is 0 Å². The molecule has 3 rings (SSSR count). The van der Waals surface area contributed by atoms with Gasteiger partial charge in [-0.1, -0.05) is 74.0 Å². The topological polar surface area (TPSA) is 38.4 Å². The van der Waals surface area contributed by atoms with Crippen molar-refractivity contribution in [2.45, 2.75) is 45.4 Å². The molecule has 0 radical (unpaired) electrons. The average Bonchev–Trinajstić information content (AvgIpc) is 2.55. The Morgan fingerprint density at radius 1 is 0.920 bits per heavy atom. The van der Waals surface area contributed by atoms with Gasteiger partial charge in [-0.15, -0.1) is 0 Å². The maximum atomic E-state index is 5.80. The summed E-state index contributed by atoms with van der Waals surface area (Å²) in [5, 5.41) is 4.14. The smallest absolute Gasteiger partial charge is 0.0974 e. The monoisotopic (exact) mass is 396 g/mol. The fraction of sp³-hybridized carbons (Fsp3) is 0.318. The molecule has 0 atom stereocenters. The van der Waals surface area contributed by atoms with E-state index in [4.69, 9.17) is 5.84 Å². The summed E-state index contributed by atoms with van der Waals surface area (Å²) in [7, 11) is 0. The van der Waals surface area contributed by atoms with E-state index in [0.717, 1.165) is 21.3 Å². The molecule has 0 aliphatic heterocycles. The zero-order chi connectivity index (χ0) is 18.4. The maximum absolute atomic E-state index is 5.80. The van der Waals surface area contributed by atoms with E-state index in [2.05, 4.69) is 79.9 Å². The van der Waals surface area contributed by atoms with Gasteiger partial charge in [-0.05, 0) is 41.8 Å². The zero-order valence-electron chi connectivity index (χ0n) is 15.5. The lowest BCUT2D eigenvalue weighted by Crippen LogP contribution is -2.30. The molecule has 0 saturated heterocycles. The van der Waals surface area contributed by atoms with E-state index in [1.54, 1.807) is 0 Å². The molecule has 0 fully saturated rings. The summed E-state index contributed by atoms with van der Waals surface area (Å²) in [5.74, 6) is 5.80. The molecule has 0 spiro atoms. The molecule has 1 aliphatic rings. The molecule has 2 aromatic carbocycles. The van der Waals surface area contributed by atoms with Crippen LogP contribution in [0.5, 0.6) is 0 Å². The van der Waals surface area contributed by atoms with Gasteiger partial charge in [-0.2, -0.15) is 5.10 Å². The van der Waals surface area contributed by atoms with Crippen molar-refractivity contribution >= 4 is 21.6 Å². The third-order valence-corrected chi connectivity index (χ3v) is 5.70. The predicted molar refractivity (Wildman–Crippen MR) is 110 cm³/mol. The van der Waals surface area contributed by atoms with Crippen LogP contribution in [0.3, 0.4) is 0 Å². The van der Waals surface area contributed by atoms with Crippen LogP contribution < -0.4 is 5.84 Å². The maximum Gasteiger partial charge on any atom is 0.0974 e. The summed E-state index contributed by atoms with van der Waals surface area (Å²) in [4.78, 5) is 0. The summed E-state index contributed by atoms with van der Waals surface area (Å²) in [6.45, 7) is 11.2. The number of fused-ring (bicyclic) bond motifs is 1. The molecule has 0 unspecified atom stereocenters. The van der Waals surface area contributed by atoms with Gasteiger partial charge < -0.3 is 5.84 Å². The van der Waals surface area contributed by atoms with Crippen LogP contribution in [-0.4, -0.2) is 5.71 Å². The molecule has 130 valence electrons. The highest BCUT2D eigenvalue weighted by Gasteiger charge is 2.33. The number of nitrogens with two attached hydrogens (primary N) is 1. The molecule has 0 heterocycles. The molecule has 0 saturated carbocycles. The van der Waals surface area contributed by atoms with E-state index in [-0.39, 0.29) is 10.8 Å². The molecule has 1 aliphatic carbocycles. The number of hydrogen-bond donors (Lipinski definition) is 1. The summed E-state index contributed by atoms with van der Waals surface area (Å²) >= 11 is 3.49. The second-order valence-corrected chi connectivity index (χ2v) is 8.89. The Bertz CT molecular complexity index is 872. The average molecular weight is 397 g/mol. The predicted octanol–water partition coefficient (Wildman–Crippen LogP) is 5.59. The van der Waals surface area contributed by atoms with Gasteiger partial charge in [0.05, 0.1) is 5.71 Å². The van der Waals surface area contributed by atoms with Gasteiger partial charge in [-0.3, -0.25) is 0 Å². The number of benzene rings is 2. The van der Waals surface area contributed by atoms with Crippen LogP contribution >= 0.6 is 15.9 Å². The number of nitrogens with zero attached hydrogens (tertiary/aromatic N) is 1. The first-order valence-electron chi connectivity index (χ1n) is 8.56. The van der Waals surface area contributed by atoms with Crippen molar-refractivity contribution in [2.75, 3.05) is 0 Å². The van der Waals surface area contributed by atoms with Crippen LogP contribution in [0, 0.1) is 6.92 Å². The van der Waals surface area contributed by atoms with Crippen molar-refractivity contribution in [1.82, 2.24) is 0 Å². The highest BCUT2D eigenvalue weighted by molar-refractivity contribution is 9.10. The van der Waals surface area contributed by atoms with Gasteiger partial charge in [0.25, 0.3) is 0 Å². The van der Waals surface area contributed by atoms with E-state index < -0.39 is 0 Å². The Hall–Kier alpha value is -1.87. The van der Waals surface area contributed by atoms with Crippen molar-refractivity contribution in [3.05, 3.63) is 80.8 Å². The lowest BCUT2D eigenvalue weighted by Gasteiger charge is -2.37. The number of hydrogen-bond acceptors (Lipinski definition) is 2. The second kappa shape index (κ2) is 6.14. The lowest BCUT2D eigenvalue weighted by molar-refractivity contribution is 0.562. The quantitative estimate of drug-likeness (QED) is 0.305. The zero-order valence-corrected chi connectivity index (χ0v) is 17.1. The van der Waals surface area contributed by atoms with Gasteiger partial charge in [0.15, 0.2) is 0 Å². The summed E-state index contributed by atoms with van der Waals surface area (Å²) in [6, 6.07) is 12.7. The Morgan fingerprint density at radius 3 is 1.96 bits per heavy atom. The van der Waals surface area contributed by atoms with Crippen LogP contribution in [-0.2, 0) is 10.8 Å². The van der Waals surface area contributed by atoms with E-state index in [9.17, 15) is 0 Å². The number of aryl methyl sites for hydroxylation is 1. The second-order valence-electron chi connectivity index (χ2n) is 7.97. The highest BCUT2D eigenvalue weighted by Crippen LogP contribution is 2.42. The van der Waals surface area contributed by atoms with Crippen LogP contribution in [0.25, 0.3) is 0 Å². The van der Waals surface area contributed by atoms with Gasteiger partial charge in [0.1, 0.15) is 0 Å². The van der Waals surface area contributed by atoms with E-state index in [1.807, 2.05) is 24.3 Å². The highest BCUT2D eigenvalue weighted by atomic mass is 79.9. The van der Waals surface area contributed by atoms with Crippen molar-refractivity contribution in [3.8, 4) is 0 Å². The largest absolute Gasteiger partial charge is 0.323 e. The molecule has 0 bridgehead atoms. The summed E-state index contributed by atoms with van der Waals surface area (Å²) < 4.78 is 1.04.